The maximum absolute atomic E-state index is 12.4. The lowest BCUT2D eigenvalue weighted by Crippen LogP contribution is -2.52. The summed E-state index contributed by atoms with van der Waals surface area (Å²) >= 11 is 0. The molecule has 2 saturated heterocycles. The monoisotopic (exact) mass is 415 g/mol. The van der Waals surface area contributed by atoms with Gasteiger partial charge in [0.15, 0.2) is 5.88 Å². The van der Waals surface area contributed by atoms with Crippen LogP contribution in [0.15, 0.2) is 24.7 Å². The van der Waals surface area contributed by atoms with Gasteiger partial charge in [-0.05, 0) is 82.1 Å². The second-order valence-electron chi connectivity index (χ2n) is 10.3. The number of nitrogens with one attached hydrogen (secondary N) is 1. The van der Waals surface area contributed by atoms with Crippen LogP contribution in [0.4, 0.5) is 0 Å². The quantitative estimate of drug-likeness (QED) is 0.739. The number of amides is 1. The van der Waals surface area contributed by atoms with E-state index in [1.54, 1.807) is 0 Å². The highest BCUT2D eigenvalue weighted by Gasteiger charge is 2.50. The lowest BCUT2D eigenvalue weighted by atomic mass is 9.69. The summed E-state index contributed by atoms with van der Waals surface area (Å²) in [6.45, 7) is 11.5. The van der Waals surface area contributed by atoms with Gasteiger partial charge in [0.2, 0.25) is 0 Å². The molecule has 0 aromatic heterocycles. The van der Waals surface area contributed by atoms with E-state index in [0.717, 1.165) is 30.8 Å². The third kappa shape index (κ3) is 3.83. The zero-order chi connectivity index (χ0) is 20.9. The first-order valence-corrected chi connectivity index (χ1v) is 12.0. The van der Waals surface area contributed by atoms with Crippen LogP contribution in [0.25, 0.3) is 0 Å². The molecule has 2 heterocycles. The molecule has 30 heavy (non-hydrogen) atoms. The molecule has 3 aliphatic carbocycles. The first kappa shape index (κ1) is 20.2. The van der Waals surface area contributed by atoms with Gasteiger partial charge in [0.25, 0.3) is 5.91 Å². The number of hydrogen-bond donors (Lipinski definition) is 2. The molecule has 0 aromatic carbocycles. The van der Waals surface area contributed by atoms with Gasteiger partial charge in [-0.25, -0.2) is 0 Å². The van der Waals surface area contributed by atoms with E-state index in [1.165, 1.54) is 50.6 Å². The first-order valence-electron chi connectivity index (χ1n) is 12.0. The van der Waals surface area contributed by atoms with E-state index >= 15 is 0 Å². The number of carbonyl (C=O) groups is 1. The second kappa shape index (κ2) is 7.77. The minimum atomic E-state index is -1.04. The van der Waals surface area contributed by atoms with Crippen LogP contribution in [0.3, 0.4) is 0 Å². The van der Waals surface area contributed by atoms with Gasteiger partial charge in [0, 0.05) is 31.9 Å². The van der Waals surface area contributed by atoms with Crippen LogP contribution < -0.4 is 5.32 Å². The highest BCUT2D eigenvalue weighted by molar-refractivity contribution is 5.87. The smallest absolute Gasteiger partial charge is 0.254 e. The van der Waals surface area contributed by atoms with Crippen molar-refractivity contribution in [2.75, 3.05) is 26.2 Å². The van der Waals surface area contributed by atoms with Gasteiger partial charge < -0.3 is 25.0 Å². The van der Waals surface area contributed by atoms with E-state index in [2.05, 4.69) is 23.4 Å². The summed E-state index contributed by atoms with van der Waals surface area (Å²) in [5.41, 5.74) is 0.234. The fraction of sp³-hybridized carbons (Fsp3) is 0.792. The van der Waals surface area contributed by atoms with E-state index in [4.69, 9.17) is 4.74 Å². The number of carbonyl (C=O) groups excluding carboxylic acids is 1. The SMILES string of the molecule is C=C1NC2CCC(C3CCC(C(=C)N4CCN(C(=O)C5(O)CC5)CC4)CC3)CC2O1. The van der Waals surface area contributed by atoms with Crippen LogP contribution in [0.2, 0.25) is 0 Å². The Labute approximate surface area is 180 Å². The maximum Gasteiger partial charge on any atom is 0.254 e. The van der Waals surface area contributed by atoms with Gasteiger partial charge in [0.1, 0.15) is 11.7 Å². The van der Waals surface area contributed by atoms with Crippen molar-refractivity contribution in [1.29, 1.82) is 0 Å². The summed E-state index contributed by atoms with van der Waals surface area (Å²) in [6, 6.07) is 0.482. The van der Waals surface area contributed by atoms with Gasteiger partial charge in [0.05, 0.1) is 6.04 Å². The molecule has 6 nitrogen and oxygen atoms in total. The van der Waals surface area contributed by atoms with E-state index in [1.807, 2.05) is 4.90 Å². The van der Waals surface area contributed by atoms with Gasteiger partial charge in [-0.15, -0.1) is 0 Å². The van der Waals surface area contributed by atoms with E-state index in [9.17, 15) is 9.90 Å². The number of allylic oxidation sites excluding steroid dienone is 1. The van der Waals surface area contributed by atoms with Crippen molar-refractivity contribution < 1.29 is 14.6 Å². The molecule has 0 spiro atoms. The van der Waals surface area contributed by atoms with Gasteiger partial charge in [-0.2, -0.15) is 0 Å². The molecule has 1 amide bonds. The molecule has 0 aromatic rings. The molecule has 3 atom stereocenters. The summed E-state index contributed by atoms with van der Waals surface area (Å²) in [5.74, 6) is 2.89. The average molecular weight is 416 g/mol. The molecule has 2 N–H and O–H groups in total. The zero-order valence-corrected chi connectivity index (χ0v) is 18.2. The Hall–Kier alpha value is -1.69. The Morgan fingerprint density at radius 2 is 1.63 bits per heavy atom. The Balaban J connectivity index is 1.07. The number of ether oxygens (including phenoxy) is 1. The molecule has 166 valence electrons. The molecule has 0 radical (unpaired) electrons. The fourth-order valence-electron chi connectivity index (χ4n) is 6.31. The van der Waals surface area contributed by atoms with Crippen LogP contribution in [-0.2, 0) is 9.53 Å². The number of piperazine rings is 1. The van der Waals surface area contributed by atoms with E-state index < -0.39 is 5.60 Å². The van der Waals surface area contributed by atoms with Crippen molar-refractivity contribution in [3.8, 4) is 0 Å². The standard InChI is InChI=1S/C24H37N3O3/c1-16(26-11-13-27(14-12-26)23(28)24(29)9-10-24)18-3-5-19(6-4-18)20-7-8-21-22(15-20)30-17(2)25-21/h18-22,25,29H,1-15H2. The molecule has 3 saturated carbocycles. The number of hydrogen-bond acceptors (Lipinski definition) is 5. The number of aliphatic hydroxyl groups is 1. The van der Waals surface area contributed by atoms with Crippen molar-refractivity contribution in [3.63, 3.8) is 0 Å². The third-order valence-electron chi connectivity index (χ3n) is 8.48. The van der Waals surface area contributed by atoms with Crippen molar-refractivity contribution in [1.82, 2.24) is 15.1 Å². The predicted molar refractivity (Wildman–Crippen MR) is 115 cm³/mol. The van der Waals surface area contributed by atoms with E-state index in [-0.39, 0.29) is 5.91 Å². The van der Waals surface area contributed by atoms with Crippen LogP contribution in [-0.4, -0.2) is 64.7 Å². The topological polar surface area (TPSA) is 65.0 Å². The van der Waals surface area contributed by atoms with Crippen molar-refractivity contribution in [2.45, 2.75) is 75.5 Å². The van der Waals surface area contributed by atoms with Crippen LogP contribution in [0.1, 0.15) is 57.8 Å². The van der Waals surface area contributed by atoms with Crippen molar-refractivity contribution in [3.05, 3.63) is 24.7 Å². The Bertz CT molecular complexity index is 702. The Morgan fingerprint density at radius 1 is 1.00 bits per heavy atom. The minimum Gasteiger partial charge on any atom is -0.474 e. The first-order chi connectivity index (χ1) is 14.4. The summed E-state index contributed by atoms with van der Waals surface area (Å²) in [4.78, 5) is 16.6. The van der Waals surface area contributed by atoms with Gasteiger partial charge in [-0.3, -0.25) is 4.79 Å². The normalized spacial score (nSPS) is 37.8. The number of rotatable bonds is 4. The maximum atomic E-state index is 12.4. The van der Waals surface area contributed by atoms with Gasteiger partial charge >= 0.3 is 0 Å². The fourth-order valence-corrected chi connectivity index (χ4v) is 6.31. The highest BCUT2D eigenvalue weighted by Crippen LogP contribution is 2.44. The molecule has 0 bridgehead atoms. The lowest BCUT2D eigenvalue weighted by Gasteiger charge is -2.43. The van der Waals surface area contributed by atoms with E-state index in [0.29, 0.717) is 44.0 Å². The average Bonchev–Trinajstić information content (AvgIpc) is 3.41. The molecule has 5 fully saturated rings. The summed E-state index contributed by atoms with van der Waals surface area (Å²) < 4.78 is 5.91. The summed E-state index contributed by atoms with van der Waals surface area (Å²) in [5, 5.41) is 13.5. The third-order valence-corrected chi connectivity index (χ3v) is 8.48. The Morgan fingerprint density at radius 3 is 2.30 bits per heavy atom. The van der Waals surface area contributed by atoms with Crippen LogP contribution in [0.5, 0.6) is 0 Å². The summed E-state index contributed by atoms with van der Waals surface area (Å²) in [6.07, 6.45) is 10.3. The van der Waals surface area contributed by atoms with Crippen molar-refractivity contribution >= 4 is 5.91 Å². The molecule has 6 heteroatoms. The zero-order valence-electron chi connectivity index (χ0n) is 18.2. The number of fused-ring (bicyclic) bond motifs is 1. The molecular formula is C24H37N3O3. The second-order valence-corrected chi connectivity index (χ2v) is 10.3. The molecular weight excluding hydrogens is 378 g/mol. The van der Waals surface area contributed by atoms with Gasteiger partial charge in [-0.1, -0.05) is 6.58 Å². The summed E-state index contributed by atoms with van der Waals surface area (Å²) in [7, 11) is 0. The molecule has 3 unspecified atom stereocenters. The molecule has 5 aliphatic rings. The van der Waals surface area contributed by atoms with Crippen molar-refractivity contribution in [2.24, 2.45) is 17.8 Å². The van der Waals surface area contributed by atoms with Crippen LogP contribution in [0, 0.1) is 17.8 Å². The minimum absolute atomic E-state index is 0.0620. The highest BCUT2D eigenvalue weighted by atomic mass is 16.5. The lowest BCUT2D eigenvalue weighted by molar-refractivity contribution is -0.144. The molecule has 2 aliphatic heterocycles. The Kier molecular flexibility index (Phi) is 5.24. The predicted octanol–water partition coefficient (Wildman–Crippen LogP) is 2.60. The largest absolute Gasteiger partial charge is 0.474 e. The number of nitrogens with zero attached hydrogens (tertiary/aromatic N) is 2. The molecule has 5 rings (SSSR count). The van der Waals surface area contributed by atoms with Crippen LogP contribution >= 0.6 is 0 Å².